The van der Waals surface area contributed by atoms with Crippen LogP contribution in [0.4, 0.5) is 0 Å². The van der Waals surface area contributed by atoms with E-state index in [0.717, 1.165) is 36.7 Å². The molecule has 0 aliphatic heterocycles. The maximum absolute atomic E-state index is 9.55. The van der Waals surface area contributed by atoms with E-state index < -0.39 is 0 Å². The van der Waals surface area contributed by atoms with Crippen LogP contribution in [-0.4, -0.2) is 9.97 Å². The van der Waals surface area contributed by atoms with Crippen molar-refractivity contribution in [1.82, 2.24) is 9.97 Å². The molecule has 0 spiro atoms. The molecule has 0 fully saturated rings. The third kappa shape index (κ3) is 2.71. The summed E-state index contributed by atoms with van der Waals surface area (Å²) in [7, 11) is 0. The number of aryl methyl sites for hydroxylation is 1. The van der Waals surface area contributed by atoms with Crippen LogP contribution in [0.2, 0.25) is 0 Å². The Morgan fingerprint density at radius 3 is 2.83 bits per heavy atom. The Kier molecular flexibility index (Phi) is 3.85. The molecule has 0 saturated heterocycles. The highest BCUT2D eigenvalue weighted by atomic mass is 32.2. The summed E-state index contributed by atoms with van der Waals surface area (Å²) in [6.07, 6.45) is 1.95. The van der Waals surface area contributed by atoms with Gasteiger partial charge >= 0.3 is 0 Å². The van der Waals surface area contributed by atoms with Crippen molar-refractivity contribution in [1.29, 1.82) is 5.26 Å². The second-order valence-electron chi connectivity index (χ2n) is 5.38. The Morgan fingerprint density at radius 2 is 2.00 bits per heavy atom. The maximum Gasteiger partial charge on any atom is 0.156 e. The van der Waals surface area contributed by atoms with Gasteiger partial charge in [0.15, 0.2) is 4.34 Å². The second-order valence-corrected chi connectivity index (χ2v) is 7.70. The third-order valence-corrected chi connectivity index (χ3v) is 5.83. The van der Waals surface area contributed by atoms with E-state index >= 15 is 0 Å². The highest BCUT2D eigenvalue weighted by Gasteiger charge is 2.10. The van der Waals surface area contributed by atoms with Gasteiger partial charge in [-0.15, -0.1) is 11.3 Å². The van der Waals surface area contributed by atoms with Crippen LogP contribution in [0.25, 0.3) is 27.2 Å². The topological polar surface area (TPSA) is 52.5 Å². The molecule has 116 valence electrons. The standard InChI is InChI=1S/C19H13N3S2/c1-12-15(14-6-2-3-7-16(14)21-12)10-13(11-20)23-19-22-17-8-4-5-9-18(17)24-19/h2-10,21H,1H3. The molecular formula is C19H13N3S2. The van der Waals surface area contributed by atoms with Crippen LogP contribution in [0.15, 0.2) is 57.8 Å². The molecule has 0 atom stereocenters. The van der Waals surface area contributed by atoms with Crippen LogP contribution in [0.3, 0.4) is 0 Å². The minimum atomic E-state index is 0.641. The Labute approximate surface area is 147 Å². The highest BCUT2D eigenvalue weighted by molar-refractivity contribution is 8.05. The summed E-state index contributed by atoms with van der Waals surface area (Å²) < 4.78 is 2.03. The van der Waals surface area contributed by atoms with Gasteiger partial charge in [0.05, 0.1) is 15.1 Å². The Morgan fingerprint density at radius 1 is 1.21 bits per heavy atom. The number of nitrogens with zero attached hydrogens (tertiary/aromatic N) is 2. The lowest BCUT2D eigenvalue weighted by Gasteiger charge is -1.97. The third-order valence-electron chi connectivity index (χ3n) is 3.80. The van der Waals surface area contributed by atoms with Crippen molar-refractivity contribution in [2.75, 3.05) is 0 Å². The average molecular weight is 347 g/mol. The zero-order chi connectivity index (χ0) is 16.5. The SMILES string of the molecule is Cc1[nH]c2ccccc2c1C=C(C#N)Sc1nc2ccccc2s1. The molecule has 0 amide bonds. The van der Waals surface area contributed by atoms with E-state index in [1.807, 2.05) is 49.4 Å². The fraction of sp³-hybridized carbons (Fsp3) is 0.0526. The van der Waals surface area contributed by atoms with Gasteiger partial charge < -0.3 is 4.98 Å². The first-order valence-corrected chi connectivity index (χ1v) is 9.10. The molecular weight excluding hydrogens is 334 g/mol. The number of hydrogen-bond acceptors (Lipinski definition) is 4. The predicted octanol–water partition coefficient (Wildman–Crippen LogP) is 5.74. The number of aromatic nitrogens is 2. The normalized spacial score (nSPS) is 11.9. The molecule has 3 nitrogen and oxygen atoms in total. The minimum absolute atomic E-state index is 0.641. The Bertz CT molecular complexity index is 1080. The van der Waals surface area contributed by atoms with Crippen molar-refractivity contribution in [2.45, 2.75) is 11.3 Å². The van der Waals surface area contributed by atoms with Crippen LogP contribution in [-0.2, 0) is 0 Å². The van der Waals surface area contributed by atoms with Crippen LogP contribution in [0.1, 0.15) is 11.3 Å². The molecule has 2 heterocycles. The predicted molar refractivity (Wildman–Crippen MR) is 102 cm³/mol. The number of benzene rings is 2. The number of para-hydroxylation sites is 2. The zero-order valence-corrected chi connectivity index (χ0v) is 14.5. The van der Waals surface area contributed by atoms with Gasteiger partial charge in [-0.3, -0.25) is 0 Å². The highest BCUT2D eigenvalue weighted by Crippen LogP contribution is 2.35. The number of nitriles is 1. The summed E-state index contributed by atoms with van der Waals surface area (Å²) in [5.41, 5.74) is 4.19. The number of aromatic amines is 1. The average Bonchev–Trinajstić information content (AvgIpc) is 3.14. The molecule has 0 aliphatic rings. The molecule has 24 heavy (non-hydrogen) atoms. The van der Waals surface area contributed by atoms with E-state index in [1.54, 1.807) is 11.3 Å². The van der Waals surface area contributed by atoms with E-state index in [0.29, 0.717) is 4.91 Å². The first-order valence-electron chi connectivity index (χ1n) is 7.47. The lowest BCUT2D eigenvalue weighted by atomic mass is 10.1. The molecule has 1 N–H and O–H groups in total. The van der Waals surface area contributed by atoms with Gasteiger partial charge in [0, 0.05) is 22.2 Å². The Hall–Kier alpha value is -2.55. The molecule has 0 radical (unpaired) electrons. The first-order chi connectivity index (χ1) is 11.7. The minimum Gasteiger partial charge on any atom is -0.358 e. The quantitative estimate of drug-likeness (QED) is 0.379. The van der Waals surface area contributed by atoms with E-state index in [2.05, 4.69) is 28.2 Å². The van der Waals surface area contributed by atoms with Crippen molar-refractivity contribution in [3.05, 3.63) is 64.7 Å². The summed E-state index contributed by atoms with van der Waals surface area (Å²) in [6.45, 7) is 2.03. The number of hydrogen-bond donors (Lipinski definition) is 1. The number of H-pyrrole nitrogens is 1. The van der Waals surface area contributed by atoms with E-state index in [9.17, 15) is 5.26 Å². The Balaban J connectivity index is 1.73. The molecule has 2 aromatic heterocycles. The fourth-order valence-electron chi connectivity index (χ4n) is 2.69. The number of thiazole rings is 1. The van der Waals surface area contributed by atoms with Gasteiger partial charge in [-0.25, -0.2) is 4.98 Å². The van der Waals surface area contributed by atoms with Crippen LogP contribution in [0.5, 0.6) is 0 Å². The zero-order valence-electron chi connectivity index (χ0n) is 12.9. The summed E-state index contributed by atoms with van der Waals surface area (Å²) in [5, 5.41) is 10.7. The number of thioether (sulfide) groups is 1. The summed E-state index contributed by atoms with van der Waals surface area (Å²) in [5.74, 6) is 0. The number of rotatable bonds is 3. The van der Waals surface area contributed by atoms with E-state index in [1.165, 1.54) is 11.8 Å². The van der Waals surface area contributed by atoms with Crippen LogP contribution < -0.4 is 0 Å². The second kappa shape index (κ2) is 6.16. The molecule has 4 rings (SSSR count). The molecule has 0 saturated carbocycles. The summed E-state index contributed by atoms with van der Waals surface area (Å²) in [6, 6.07) is 18.5. The number of nitrogens with one attached hydrogen (secondary N) is 1. The van der Waals surface area contributed by atoms with Crippen LogP contribution >= 0.6 is 23.1 Å². The molecule has 4 aromatic rings. The van der Waals surface area contributed by atoms with Gasteiger partial charge in [0.25, 0.3) is 0 Å². The molecule has 5 heteroatoms. The monoisotopic (exact) mass is 347 g/mol. The fourth-order valence-corrected chi connectivity index (χ4v) is 4.65. The summed E-state index contributed by atoms with van der Waals surface area (Å²) in [4.78, 5) is 8.60. The first kappa shape index (κ1) is 15.0. The maximum atomic E-state index is 9.55. The lowest BCUT2D eigenvalue weighted by molar-refractivity contribution is 1.29. The van der Waals surface area contributed by atoms with E-state index in [4.69, 9.17) is 0 Å². The number of allylic oxidation sites excluding steroid dienone is 1. The van der Waals surface area contributed by atoms with Gasteiger partial charge in [-0.1, -0.05) is 30.3 Å². The van der Waals surface area contributed by atoms with Crippen molar-refractivity contribution in [2.24, 2.45) is 0 Å². The smallest absolute Gasteiger partial charge is 0.156 e. The van der Waals surface area contributed by atoms with Crippen molar-refractivity contribution >= 4 is 50.3 Å². The molecule has 0 aliphatic carbocycles. The van der Waals surface area contributed by atoms with Crippen molar-refractivity contribution in [3.8, 4) is 6.07 Å². The molecule has 2 aromatic carbocycles. The van der Waals surface area contributed by atoms with E-state index in [-0.39, 0.29) is 0 Å². The van der Waals surface area contributed by atoms with Crippen LogP contribution in [0, 0.1) is 18.3 Å². The van der Waals surface area contributed by atoms with Gasteiger partial charge in [-0.05, 0) is 43.0 Å². The summed E-state index contributed by atoms with van der Waals surface area (Å²) >= 11 is 3.04. The van der Waals surface area contributed by atoms with Gasteiger partial charge in [0.2, 0.25) is 0 Å². The molecule has 0 bridgehead atoms. The van der Waals surface area contributed by atoms with Gasteiger partial charge in [-0.2, -0.15) is 5.26 Å². The van der Waals surface area contributed by atoms with Crippen molar-refractivity contribution in [3.63, 3.8) is 0 Å². The molecule has 0 unspecified atom stereocenters. The van der Waals surface area contributed by atoms with Gasteiger partial charge in [0.1, 0.15) is 6.07 Å². The van der Waals surface area contributed by atoms with Crippen molar-refractivity contribution < 1.29 is 0 Å². The number of fused-ring (bicyclic) bond motifs is 2. The lowest BCUT2D eigenvalue weighted by Crippen LogP contribution is -1.78. The largest absolute Gasteiger partial charge is 0.358 e.